The zero-order valence-electron chi connectivity index (χ0n) is 21.3. The quantitative estimate of drug-likeness (QED) is 0.403. The Balaban J connectivity index is 1.64. The zero-order valence-corrected chi connectivity index (χ0v) is 23.7. The van der Waals surface area contributed by atoms with Gasteiger partial charge in [-0.1, -0.05) is 35.4 Å². The topological polar surface area (TPSA) is 122 Å². The van der Waals surface area contributed by atoms with Crippen LogP contribution in [0.25, 0.3) is 0 Å². The summed E-state index contributed by atoms with van der Waals surface area (Å²) in [5.41, 5.74) is 1.23. The van der Waals surface area contributed by atoms with Crippen molar-refractivity contribution in [1.29, 1.82) is 0 Å². The summed E-state index contributed by atoms with van der Waals surface area (Å²) in [6.07, 6.45) is 0. The molecule has 1 fully saturated rings. The SMILES string of the molecule is COc1ccc(NC(=O)CN(c2cccc(Cl)c2)S(=O)(=O)c2ccc(C)cc2)cc1S(=O)(=O)N1CCOCC1. The Hall–Kier alpha value is -3.16. The molecule has 13 heteroatoms. The summed E-state index contributed by atoms with van der Waals surface area (Å²) in [6, 6.07) is 16.6. The maximum atomic E-state index is 13.6. The van der Waals surface area contributed by atoms with Crippen molar-refractivity contribution in [2.75, 3.05) is 49.6 Å². The van der Waals surface area contributed by atoms with Gasteiger partial charge in [0, 0.05) is 23.8 Å². The second-order valence-electron chi connectivity index (χ2n) is 8.73. The first-order valence-corrected chi connectivity index (χ1v) is 15.2. The van der Waals surface area contributed by atoms with Crippen molar-refractivity contribution in [3.8, 4) is 5.75 Å². The Kier molecular flexibility index (Phi) is 8.82. The molecule has 0 saturated carbocycles. The van der Waals surface area contributed by atoms with Gasteiger partial charge in [0.1, 0.15) is 17.2 Å². The molecule has 3 aromatic rings. The van der Waals surface area contributed by atoms with Gasteiger partial charge in [0.2, 0.25) is 15.9 Å². The summed E-state index contributed by atoms with van der Waals surface area (Å²) in [7, 11) is -6.74. The minimum absolute atomic E-state index is 0.00390. The highest BCUT2D eigenvalue weighted by Gasteiger charge is 2.31. The summed E-state index contributed by atoms with van der Waals surface area (Å²) < 4.78 is 66.5. The van der Waals surface area contributed by atoms with Crippen LogP contribution in [0.4, 0.5) is 11.4 Å². The van der Waals surface area contributed by atoms with Crippen molar-refractivity contribution in [3.05, 3.63) is 77.3 Å². The molecule has 3 aromatic carbocycles. The third kappa shape index (κ3) is 6.53. The standard InChI is InChI=1S/C26H28ClN3O7S2/c1-19-6-9-23(10-7-19)38(32,33)30(22-5-3-4-20(27)16-22)18-26(31)28-21-8-11-24(36-2)25(17-21)39(34,35)29-12-14-37-15-13-29/h3-11,16-17H,12-15,18H2,1-2H3,(H,28,31). The largest absolute Gasteiger partial charge is 0.495 e. The lowest BCUT2D eigenvalue weighted by molar-refractivity contribution is -0.114. The Morgan fingerprint density at radius 2 is 1.72 bits per heavy atom. The Morgan fingerprint density at radius 1 is 1.03 bits per heavy atom. The van der Waals surface area contributed by atoms with E-state index in [0.717, 1.165) is 9.87 Å². The van der Waals surface area contributed by atoms with Crippen molar-refractivity contribution in [1.82, 2.24) is 4.31 Å². The van der Waals surface area contributed by atoms with E-state index in [1.54, 1.807) is 24.3 Å². The van der Waals surface area contributed by atoms with E-state index in [0.29, 0.717) is 5.02 Å². The van der Waals surface area contributed by atoms with Gasteiger partial charge in [-0.15, -0.1) is 0 Å². The molecular formula is C26H28ClN3O7S2. The van der Waals surface area contributed by atoms with E-state index in [1.807, 2.05) is 6.92 Å². The molecule has 1 saturated heterocycles. The third-order valence-electron chi connectivity index (χ3n) is 6.03. The number of benzene rings is 3. The first-order chi connectivity index (χ1) is 18.5. The summed E-state index contributed by atoms with van der Waals surface area (Å²) in [6.45, 7) is 2.16. The van der Waals surface area contributed by atoms with Crippen LogP contribution in [0.3, 0.4) is 0 Å². The fraction of sp³-hybridized carbons (Fsp3) is 0.269. The smallest absolute Gasteiger partial charge is 0.264 e. The third-order valence-corrected chi connectivity index (χ3v) is 9.97. The molecule has 0 aliphatic carbocycles. The van der Waals surface area contributed by atoms with Crippen molar-refractivity contribution < 1.29 is 31.1 Å². The molecule has 39 heavy (non-hydrogen) atoms. The van der Waals surface area contributed by atoms with Crippen LogP contribution >= 0.6 is 11.6 Å². The molecule has 10 nitrogen and oxygen atoms in total. The summed E-state index contributed by atoms with van der Waals surface area (Å²) in [5.74, 6) is -0.576. The van der Waals surface area contributed by atoms with E-state index in [1.165, 1.54) is 53.9 Å². The predicted octanol–water partition coefficient (Wildman–Crippen LogP) is 3.51. The Labute approximate surface area is 233 Å². The Morgan fingerprint density at radius 3 is 2.36 bits per heavy atom. The number of nitrogens with one attached hydrogen (secondary N) is 1. The molecule has 1 aliphatic rings. The zero-order chi connectivity index (χ0) is 28.2. The number of carbonyl (C=O) groups excluding carboxylic acids is 1. The second kappa shape index (κ2) is 11.9. The highest BCUT2D eigenvalue weighted by atomic mass is 35.5. The van der Waals surface area contributed by atoms with E-state index in [2.05, 4.69) is 5.32 Å². The highest BCUT2D eigenvalue weighted by Crippen LogP contribution is 2.31. The Bertz CT molecular complexity index is 1560. The van der Waals surface area contributed by atoms with Gasteiger partial charge in [0.15, 0.2) is 0 Å². The van der Waals surface area contributed by atoms with Crippen LogP contribution in [0.15, 0.2) is 76.5 Å². The van der Waals surface area contributed by atoms with Gasteiger partial charge in [0.05, 0.1) is 30.9 Å². The van der Waals surface area contributed by atoms with Crippen molar-refractivity contribution in [2.24, 2.45) is 0 Å². The lowest BCUT2D eigenvalue weighted by atomic mass is 10.2. The molecule has 208 valence electrons. The molecule has 0 bridgehead atoms. The van der Waals surface area contributed by atoms with Crippen LogP contribution in [-0.2, 0) is 29.6 Å². The molecule has 0 atom stereocenters. The van der Waals surface area contributed by atoms with Crippen molar-refractivity contribution in [3.63, 3.8) is 0 Å². The van der Waals surface area contributed by atoms with Crippen LogP contribution in [0.2, 0.25) is 5.02 Å². The van der Waals surface area contributed by atoms with Gasteiger partial charge in [-0.05, 0) is 55.5 Å². The number of hydrogen-bond acceptors (Lipinski definition) is 7. The van der Waals surface area contributed by atoms with Gasteiger partial charge in [-0.25, -0.2) is 16.8 Å². The van der Waals surface area contributed by atoms with Gasteiger partial charge < -0.3 is 14.8 Å². The summed E-state index contributed by atoms with van der Waals surface area (Å²) >= 11 is 6.12. The number of methoxy groups -OCH3 is 1. The number of ether oxygens (including phenoxy) is 2. The lowest BCUT2D eigenvalue weighted by Gasteiger charge is -2.27. The number of sulfonamides is 2. The van der Waals surface area contributed by atoms with Crippen LogP contribution in [-0.4, -0.2) is 67.0 Å². The maximum Gasteiger partial charge on any atom is 0.264 e. The fourth-order valence-electron chi connectivity index (χ4n) is 4.00. The number of anilines is 2. The van der Waals surface area contributed by atoms with E-state index >= 15 is 0 Å². The normalized spacial score (nSPS) is 14.5. The van der Waals surface area contributed by atoms with E-state index in [9.17, 15) is 21.6 Å². The first kappa shape index (κ1) is 28.8. The number of hydrogen-bond donors (Lipinski definition) is 1. The highest BCUT2D eigenvalue weighted by molar-refractivity contribution is 7.92. The number of rotatable bonds is 9. The van der Waals surface area contributed by atoms with Crippen molar-refractivity contribution >= 4 is 48.9 Å². The lowest BCUT2D eigenvalue weighted by Crippen LogP contribution is -2.40. The first-order valence-electron chi connectivity index (χ1n) is 11.9. The second-order valence-corrected chi connectivity index (χ2v) is 12.9. The molecule has 0 radical (unpaired) electrons. The average Bonchev–Trinajstić information content (AvgIpc) is 2.92. The average molecular weight is 594 g/mol. The van der Waals surface area contributed by atoms with E-state index in [4.69, 9.17) is 21.1 Å². The molecule has 1 heterocycles. The number of morpholine rings is 1. The number of carbonyl (C=O) groups is 1. The molecule has 0 spiro atoms. The van der Waals surface area contributed by atoms with Crippen LogP contribution in [0.5, 0.6) is 5.75 Å². The summed E-state index contributed by atoms with van der Waals surface area (Å²) in [4.78, 5) is 13.1. The minimum Gasteiger partial charge on any atom is -0.495 e. The maximum absolute atomic E-state index is 13.6. The monoisotopic (exact) mass is 593 g/mol. The van der Waals surface area contributed by atoms with Crippen LogP contribution < -0.4 is 14.4 Å². The molecular weight excluding hydrogens is 566 g/mol. The fourth-order valence-corrected chi connectivity index (χ4v) is 7.18. The predicted molar refractivity (Wildman–Crippen MR) is 148 cm³/mol. The number of amides is 1. The van der Waals surface area contributed by atoms with E-state index in [-0.39, 0.29) is 53.2 Å². The number of halogens is 1. The van der Waals surface area contributed by atoms with Crippen molar-refractivity contribution in [2.45, 2.75) is 16.7 Å². The molecule has 0 aromatic heterocycles. The van der Waals surface area contributed by atoms with Crippen LogP contribution in [0, 0.1) is 6.92 Å². The molecule has 1 aliphatic heterocycles. The summed E-state index contributed by atoms with van der Waals surface area (Å²) in [5, 5.41) is 2.91. The molecule has 0 unspecified atom stereocenters. The van der Waals surface area contributed by atoms with E-state index < -0.39 is 32.5 Å². The minimum atomic E-state index is -4.15. The number of nitrogens with zero attached hydrogens (tertiary/aromatic N) is 2. The van der Waals surface area contributed by atoms with Gasteiger partial charge >= 0.3 is 0 Å². The van der Waals surface area contributed by atoms with Gasteiger partial charge in [-0.2, -0.15) is 4.31 Å². The van der Waals surface area contributed by atoms with Gasteiger partial charge in [0.25, 0.3) is 10.0 Å². The number of aryl methyl sites for hydroxylation is 1. The van der Waals surface area contributed by atoms with Crippen LogP contribution in [0.1, 0.15) is 5.56 Å². The molecule has 4 rings (SSSR count). The molecule has 1 amide bonds. The molecule has 1 N–H and O–H groups in total. The van der Waals surface area contributed by atoms with Gasteiger partial charge in [-0.3, -0.25) is 9.10 Å².